The van der Waals surface area contributed by atoms with Gasteiger partial charge in [-0.15, -0.1) is 12.4 Å². The Kier molecular flexibility index (Phi) is 7.06. The summed E-state index contributed by atoms with van der Waals surface area (Å²) in [5, 5.41) is 13.7. The van der Waals surface area contributed by atoms with E-state index in [0.29, 0.717) is 17.4 Å². The third-order valence-electron chi connectivity index (χ3n) is 4.89. The maximum atomic E-state index is 12.5. The van der Waals surface area contributed by atoms with E-state index in [2.05, 4.69) is 10.2 Å². The van der Waals surface area contributed by atoms with Crippen molar-refractivity contribution in [2.75, 3.05) is 26.2 Å². The molecule has 142 valence electrons. The zero-order chi connectivity index (χ0) is 17.8. The van der Waals surface area contributed by atoms with Crippen LogP contribution < -0.4 is 10.9 Å². The summed E-state index contributed by atoms with van der Waals surface area (Å²) in [5.74, 6) is -0.755. The monoisotopic (exact) mass is 379 g/mol. The average molecular weight is 380 g/mol. The summed E-state index contributed by atoms with van der Waals surface area (Å²) in [7, 11) is 1.61. The standard InChI is InChI=1S/C19H25N3O3.ClH/c1-21-15-9-4-3-8-14(15)17(23)16(19(21)25)18(24)20-10-7-13-22-11-5-2-6-12-22;/h3-4,8-9,23H,2,5-7,10-13H2,1H3,(H,20,24);1H. The van der Waals surface area contributed by atoms with Gasteiger partial charge in [-0.3, -0.25) is 9.59 Å². The fraction of sp³-hybridized carbons (Fsp3) is 0.474. The molecule has 0 aliphatic carbocycles. The number of hydrogen-bond donors (Lipinski definition) is 2. The van der Waals surface area contributed by atoms with Crippen LogP contribution in [0.4, 0.5) is 0 Å². The van der Waals surface area contributed by atoms with Crippen molar-refractivity contribution in [3.05, 3.63) is 40.2 Å². The number of aromatic nitrogens is 1. The Morgan fingerprint density at radius 1 is 1.19 bits per heavy atom. The van der Waals surface area contributed by atoms with Gasteiger partial charge in [0.05, 0.1) is 5.52 Å². The van der Waals surface area contributed by atoms with Crippen molar-refractivity contribution < 1.29 is 9.90 Å². The number of amides is 1. The first-order valence-electron chi connectivity index (χ1n) is 8.91. The summed E-state index contributed by atoms with van der Waals surface area (Å²) in [4.78, 5) is 27.3. The highest BCUT2D eigenvalue weighted by atomic mass is 35.5. The minimum Gasteiger partial charge on any atom is -0.506 e. The van der Waals surface area contributed by atoms with E-state index >= 15 is 0 Å². The third-order valence-corrected chi connectivity index (χ3v) is 4.89. The fourth-order valence-corrected chi connectivity index (χ4v) is 3.46. The van der Waals surface area contributed by atoms with Gasteiger partial charge in [0.25, 0.3) is 11.5 Å². The molecule has 26 heavy (non-hydrogen) atoms. The summed E-state index contributed by atoms with van der Waals surface area (Å²) < 4.78 is 1.40. The Hall–Kier alpha value is -2.05. The lowest BCUT2D eigenvalue weighted by Gasteiger charge is -2.26. The second-order valence-corrected chi connectivity index (χ2v) is 6.62. The van der Waals surface area contributed by atoms with Gasteiger partial charge in [0.2, 0.25) is 0 Å². The molecule has 0 bridgehead atoms. The first kappa shape index (κ1) is 20.3. The van der Waals surface area contributed by atoms with Gasteiger partial charge in [-0.05, 0) is 51.0 Å². The Labute approximate surface area is 159 Å². The van der Waals surface area contributed by atoms with Gasteiger partial charge in [0, 0.05) is 19.0 Å². The maximum Gasteiger partial charge on any atom is 0.267 e. The molecule has 6 nitrogen and oxygen atoms in total. The van der Waals surface area contributed by atoms with Gasteiger partial charge < -0.3 is 19.9 Å². The molecule has 2 N–H and O–H groups in total. The Morgan fingerprint density at radius 3 is 2.62 bits per heavy atom. The molecule has 1 aromatic carbocycles. The Bertz CT molecular complexity index is 829. The lowest BCUT2D eigenvalue weighted by molar-refractivity contribution is 0.0946. The highest BCUT2D eigenvalue weighted by Crippen LogP contribution is 2.25. The van der Waals surface area contributed by atoms with Crippen molar-refractivity contribution in [1.29, 1.82) is 0 Å². The number of carbonyl (C=O) groups is 1. The molecule has 0 radical (unpaired) electrons. The topological polar surface area (TPSA) is 74.6 Å². The van der Waals surface area contributed by atoms with E-state index in [1.807, 2.05) is 0 Å². The smallest absolute Gasteiger partial charge is 0.267 e. The van der Waals surface area contributed by atoms with Crippen LogP contribution in [-0.4, -0.2) is 46.7 Å². The van der Waals surface area contributed by atoms with E-state index in [-0.39, 0.29) is 23.7 Å². The van der Waals surface area contributed by atoms with Crippen LogP contribution in [0.15, 0.2) is 29.1 Å². The van der Waals surface area contributed by atoms with Crippen LogP contribution in [0.3, 0.4) is 0 Å². The zero-order valence-corrected chi connectivity index (χ0v) is 15.8. The number of pyridine rings is 1. The number of piperidine rings is 1. The first-order chi connectivity index (χ1) is 12.1. The molecule has 1 aliphatic rings. The number of rotatable bonds is 5. The SMILES string of the molecule is Cl.Cn1c(=O)c(C(=O)NCCCN2CCCCC2)c(O)c2ccccc21. The number of para-hydroxylation sites is 1. The number of fused-ring (bicyclic) bond motifs is 1. The quantitative estimate of drug-likeness (QED) is 0.781. The Balaban J connectivity index is 0.00000243. The maximum absolute atomic E-state index is 12.5. The first-order valence-corrected chi connectivity index (χ1v) is 8.91. The number of aromatic hydroxyl groups is 1. The largest absolute Gasteiger partial charge is 0.506 e. The number of carbonyl (C=O) groups excluding carboxylic acids is 1. The highest BCUT2D eigenvalue weighted by molar-refractivity contribution is 6.02. The molecule has 0 unspecified atom stereocenters. The van der Waals surface area contributed by atoms with E-state index in [0.717, 1.165) is 26.1 Å². The van der Waals surface area contributed by atoms with E-state index in [4.69, 9.17) is 0 Å². The molecule has 0 atom stereocenters. The number of hydrogen-bond acceptors (Lipinski definition) is 4. The van der Waals surface area contributed by atoms with Gasteiger partial charge in [0.15, 0.2) is 0 Å². The molecule has 1 fully saturated rings. The second-order valence-electron chi connectivity index (χ2n) is 6.62. The lowest BCUT2D eigenvalue weighted by Crippen LogP contribution is -2.35. The van der Waals surface area contributed by atoms with Crippen molar-refractivity contribution in [3.8, 4) is 5.75 Å². The van der Waals surface area contributed by atoms with Crippen LogP contribution in [0, 0.1) is 0 Å². The minimum absolute atomic E-state index is 0. The average Bonchev–Trinajstić information content (AvgIpc) is 2.64. The molecule has 7 heteroatoms. The molecule has 1 aliphatic heterocycles. The number of benzene rings is 1. The van der Waals surface area contributed by atoms with Crippen LogP contribution in [0.2, 0.25) is 0 Å². The summed E-state index contributed by atoms with van der Waals surface area (Å²) in [6, 6.07) is 7.02. The lowest BCUT2D eigenvalue weighted by atomic mass is 10.1. The number of nitrogens with one attached hydrogen (secondary N) is 1. The second kappa shape index (κ2) is 9.05. The Morgan fingerprint density at radius 2 is 1.88 bits per heavy atom. The minimum atomic E-state index is -0.512. The molecule has 0 saturated carbocycles. The molecule has 2 aromatic rings. The number of likely N-dealkylation sites (tertiary alicyclic amines) is 1. The van der Waals surface area contributed by atoms with Gasteiger partial charge >= 0.3 is 0 Å². The van der Waals surface area contributed by atoms with E-state index in [9.17, 15) is 14.7 Å². The summed E-state index contributed by atoms with van der Waals surface area (Å²) in [6.07, 6.45) is 4.62. The molecule has 2 heterocycles. The fourth-order valence-electron chi connectivity index (χ4n) is 3.46. The van der Waals surface area contributed by atoms with Crippen LogP contribution in [0.25, 0.3) is 10.9 Å². The van der Waals surface area contributed by atoms with Gasteiger partial charge in [-0.1, -0.05) is 18.6 Å². The van der Waals surface area contributed by atoms with Gasteiger partial charge in [-0.25, -0.2) is 0 Å². The van der Waals surface area contributed by atoms with Crippen molar-refractivity contribution in [1.82, 2.24) is 14.8 Å². The van der Waals surface area contributed by atoms with Crippen LogP contribution in [-0.2, 0) is 7.05 Å². The van der Waals surface area contributed by atoms with Crippen LogP contribution >= 0.6 is 12.4 Å². The van der Waals surface area contributed by atoms with Crippen molar-refractivity contribution in [3.63, 3.8) is 0 Å². The number of nitrogens with zero attached hydrogens (tertiary/aromatic N) is 2. The number of aryl methyl sites for hydroxylation is 1. The number of halogens is 1. The van der Waals surface area contributed by atoms with Crippen molar-refractivity contribution in [2.45, 2.75) is 25.7 Å². The normalized spacial score (nSPS) is 14.8. The molecule has 1 saturated heterocycles. The molecule has 1 aromatic heterocycles. The van der Waals surface area contributed by atoms with Crippen molar-refractivity contribution in [2.24, 2.45) is 7.05 Å². The van der Waals surface area contributed by atoms with E-state index < -0.39 is 11.5 Å². The summed E-state index contributed by atoms with van der Waals surface area (Å²) >= 11 is 0. The predicted molar refractivity (Wildman–Crippen MR) is 105 cm³/mol. The van der Waals surface area contributed by atoms with Crippen LogP contribution in [0.1, 0.15) is 36.0 Å². The molecular formula is C19H26ClN3O3. The molecule has 0 spiro atoms. The zero-order valence-electron chi connectivity index (χ0n) is 15.0. The van der Waals surface area contributed by atoms with Crippen molar-refractivity contribution >= 4 is 29.2 Å². The molecule has 3 rings (SSSR count). The summed E-state index contributed by atoms with van der Waals surface area (Å²) in [5.41, 5.74) is -0.0597. The third kappa shape index (κ3) is 4.19. The predicted octanol–water partition coefficient (Wildman–Crippen LogP) is 2.27. The molecular weight excluding hydrogens is 354 g/mol. The van der Waals surface area contributed by atoms with Gasteiger partial charge in [0.1, 0.15) is 11.3 Å². The van der Waals surface area contributed by atoms with Gasteiger partial charge in [-0.2, -0.15) is 0 Å². The van der Waals surface area contributed by atoms with E-state index in [1.54, 1.807) is 31.3 Å². The highest BCUT2D eigenvalue weighted by Gasteiger charge is 2.20. The van der Waals surface area contributed by atoms with E-state index in [1.165, 1.54) is 23.8 Å². The summed E-state index contributed by atoms with van der Waals surface area (Å²) in [6.45, 7) is 3.69. The van der Waals surface area contributed by atoms with Crippen LogP contribution in [0.5, 0.6) is 5.75 Å². The molecule has 1 amide bonds.